The highest BCUT2D eigenvalue weighted by molar-refractivity contribution is 7.14. The number of anilines is 1. The van der Waals surface area contributed by atoms with Gasteiger partial charge in [0.1, 0.15) is 40.9 Å². The van der Waals surface area contributed by atoms with Crippen molar-refractivity contribution in [3.8, 4) is 22.9 Å². The normalized spacial score (nSPS) is 23.9. The number of carboxylic acid groups (broad SMARTS) is 1. The lowest BCUT2D eigenvalue weighted by molar-refractivity contribution is -0.145. The quantitative estimate of drug-likeness (QED) is 0.1000. The zero-order valence-corrected chi connectivity index (χ0v) is 36.4. The smallest absolute Gasteiger partial charge is 0.330 e. The predicted octanol–water partition coefficient (Wildman–Crippen LogP) is 5.45. The Morgan fingerprint density at radius 3 is 2.27 bits per heavy atom. The van der Waals surface area contributed by atoms with Crippen molar-refractivity contribution in [1.29, 1.82) is 0 Å². The van der Waals surface area contributed by atoms with Crippen LogP contribution in [-0.2, 0) is 24.0 Å². The fourth-order valence-corrected chi connectivity index (χ4v) is 9.44. The van der Waals surface area contributed by atoms with Crippen LogP contribution in [0.2, 0.25) is 0 Å². The van der Waals surface area contributed by atoms with Crippen molar-refractivity contribution in [1.82, 2.24) is 31.2 Å². The molecule has 324 valence electrons. The van der Waals surface area contributed by atoms with Crippen LogP contribution in [-0.4, -0.2) is 88.6 Å². The summed E-state index contributed by atoms with van der Waals surface area (Å²) in [6.07, 6.45) is 5.80. The number of hydrogen-bond acceptors (Lipinski definition) is 11. The number of aliphatic carboxylic acids is 1. The molecule has 7 atom stereocenters. The largest absolute Gasteiger partial charge is 0.497 e. The van der Waals surface area contributed by atoms with Gasteiger partial charge in [-0.15, -0.1) is 17.9 Å². The van der Waals surface area contributed by atoms with Gasteiger partial charge >= 0.3 is 5.97 Å². The van der Waals surface area contributed by atoms with Crippen molar-refractivity contribution >= 4 is 57.0 Å². The van der Waals surface area contributed by atoms with Crippen LogP contribution in [0.1, 0.15) is 86.0 Å². The number of fused-ring (bicyclic) bond motifs is 1. The number of ether oxygens (including phenoxy) is 2. The second kappa shape index (κ2) is 18.2. The van der Waals surface area contributed by atoms with E-state index in [-0.39, 0.29) is 37.1 Å². The van der Waals surface area contributed by atoms with E-state index < -0.39 is 70.6 Å². The Balaban J connectivity index is 1.31. The van der Waals surface area contributed by atoms with E-state index in [4.69, 9.17) is 19.4 Å². The number of hydrogen-bond donors (Lipinski definition) is 6. The molecule has 6 rings (SSSR count). The van der Waals surface area contributed by atoms with Crippen LogP contribution in [0, 0.1) is 29.1 Å². The van der Waals surface area contributed by atoms with Crippen molar-refractivity contribution in [2.24, 2.45) is 29.1 Å². The van der Waals surface area contributed by atoms with Gasteiger partial charge in [-0.25, -0.2) is 14.8 Å². The van der Waals surface area contributed by atoms with Gasteiger partial charge in [-0.1, -0.05) is 46.1 Å². The molecule has 0 saturated heterocycles. The van der Waals surface area contributed by atoms with Crippen LogP contribution in [0.3, 0.4) is 0 Å². The summed E-state index contributed by atoms with van der Waals surface area (Å²) in [4.78, 5) is 78.1. The molecule has 3 fully saturated rings. The van der Waals surface area contributed by atoms with Crippen molar-refractivity contribution < 1.29 is 38.6 Å². The summed E-state index contributed by atoms with van der Waals surface area (Å²) in [5.74, 6) is -4.58. The maximum absolute atomic E-state index is 14.6. The first-order valence-corrected chi connectivity index (χ1v) is 21.7. The molecule has 6 N–H and O–H groups in total. The van der Waals surface area contributed by atoms with Crippen LogP contribution >= 0.6 is 11.3 Å². The van der Waals surface area contributed by atoms with Gasteiger partial charge in [0.15, 0.2) is 5.13 Å². The molecule has 3 aliphatic rings. The first-order chi connectivity index (χ1) is 28.5. The molecule has 0 aliphatic heterocycles. The number of carbonyl (C=O) groups excluding carboxylic acids is 4. The lowest BCUT2D eigenvalue weighted by Crippen LogP contribution is -2.60. The molecule has 3 saturated carbocycles. The topological polar surface area (TPSA) is 210 Å². The summed E-state index contributed by atoms with van der Waals surface area (Å²) in [6.45, 7) is 13.3. The molecule has 1 aromatic carbocycles. The van der Waals surface area contributed by atoms with Gasteiger partial charge in [0.2, 0.25) is 23.6 Å². The maximum atomic E-state index is 14.6. The predicted molar refractivity (Wildman–Crippen MR) is 230 cm³/mol. The van der Waals surface area contributed by atoms with E-state index in [1.54, 1.807) is 25.3 Å². The molecule has 3 aromatic rings. The van der Waals surface area contributed by atoms with Gasteiger partial charge < -0.3 is 41.2 Å². The zero-order chi connectivity index (χ0) is 43.5. The van der Waals surface area contributed by atoms with Crippen LogP contribution in [0.4, 0.5) is 5.13 Å². The Labute approximate surface area is 355 Å². The van der Waals surface area contributed by atoms with E-state index in [1.807, 2.05) is 46.1 Å². The molecule has 2 heterocycles. The molecule has 3 aliphatic carbocycles. The number of nitrogens with one attached hydrogen (secondary N) is 5. The monoisotopic (exact) mass is 845 g/mol. The van der Waals surface area contributed by atoms with E-state index >= 15 is 0 Å². The van der Waals surface area contributed by atoms with E-state index in [0.29, 0.717) is 33.8 Å². The number of methoxy groups -OCH3 is 1. The highest BCUT2D eigenvalue weighted by Crippen LogP contribution is 2.46. The number of aromatic nitrogens is 2. The molecule has 0 bridgehead atoms. The van der Waals surface area contributed by atoms with Crippen molar-refractivity contribution in [2.75, 3.05) is 19.5 Å². The molecular weight excluding hydrogens is 787 g/mol. The molecule has 15 nitrogen and oxygen atoms in total. The Kier molecular flexibility index (Phi) is 13.4. The maximum Gasteiger partial charge on any atom is 0.330 e. The first-order valence-electron chi connectivity index (χ1n) is 20.9. The highest BCUT2D eigenvalue weighted by atomic mass is 32.1. The van der Waals surface area contributed by atoms with Gasteiger partial charge in [0, 0.05) is 41.9 Å². The molecule has 2 aromatic heterocycles. The standard InChI is InChI=1S/C44H59N7O8S/c1-9-25-21-44(25,41(56)57)51-38(53)30-18-27(59-34-20-32(33-22-60-42(48-33)46-23(2)3)47-31-19-26(58-8)15-16-28(31)34)17-29(30)37(52)50-36(43(4,5)6)40(55)49-35(39(54)45-7)24-13-11-10-12-14-24/h9,15-16,19-20,22-25,27,29-30,35-36H,1,10-14,17-18,21H2,2-8H3,(H,45,54)(H,46,48)(H,49,55)(H,50,52)(H,51,53)(H,56,57)/t25?,27-,29+,30-,35+,36-,44-/m1/s1. The molecular formula is C44H59N7O8S. The Morgan fingerprint density at radius 1 is 0.967 bits per heavy atom. The third-order valence-corrected chi connectivity index (χ3v) is 12.8. The summed E-state index contributed by atoms with van der Waals surface area (Å²) < 4.78 is 12.2. The number of carbonyl (C=O) groups is 5. The van der Waals surface area contributed by atoms with Crippen molar-refractivity contribution in [2.45, 2.75) is 116 Å². The fraction of sp³-hybridized carbons (Fsp3) is 0.568. The van der Waals surface area contributed by atoms with Crippen molar-refractivity contribution in [3.05, 3.63) is 42.3 Å². The van der Waals surface area contributed by atoms with Gasteiger partial charge in [-0.3, -0.25) is 19.2 Å². The second-order valence-corrected chi connectivity index (χ2v) is 18.6. The zero-order valence-electron chi connectivity index (χ0n) is 35.6. The van der Waals surface area contributed by atoms with Gasteiger partial charge in [0.25, 0.3) is 0 Å². The third-order valence-electron chi connectivity index (χ3n) is 12.0. The highest BCUT2D eigenvalue weighted by Gasteiger charge is 2.61. The summed E-state index contributed by atoms with van der Waals surface area (Å²) in [6, 6.07) is 5.56. The van der Waals surface area contributed by atoms with Crippen LogP contribution in [0.15, 0.2) is 42.3 Å². The number of carboxylic acids is 1. The Bertz CT molecular complexity index is 2110. The lowest BCUT2D eigenvalue weighted by atomic mass is 9.82. The summed E-state index contributed by atoms with van der Waals surface area (Å²) in [5.41, 5.74) is -0.544. The first kappa shape index (κ1) is 44.3. The minimum Gasteiger partial charge on any atom is -0.497 e. The SMILES string of the molecule is C=CC1C[C@]1(NC(=O)[C@@H]1C[C@H](Oc2cc(-c3csc(NC(C)C)n3)nc3cc(OC)ccc23)C[C@@H]1C(=O)N[C@H](C(=O)N[C@H](C(=O)NC)C1CCCCC1)C(C)(C)C)C(=O)O. The van der Waals surface area contributed by atoms with Gasteiger partial charge in [0.05, 0.1) is 30.2 Å². The molecule has 4 amide bonds. The number of thiazole rings is 1. The average Bonchev–Trinajstić information content (AvgIpc) is 3.48. The van der Waals surface area contributed by atoms with Crippen LogP contribution in [0.25, 0.3) is 22.3 Å². The molecule has 1 unspecified atom stereocenters. The number of benzene rings is 1. The molecule has 60 heavy (non-hydrogen) atoms. The summed E-state index contributed by atoms with van der Waals surface area (Å²) >= 11 is 1.45. The summed E-state index contributed by atoms with van der Waals surface area (Å²) in [7, 11) is 3.11. The van der Waals surface area contributed by atoms with Crippen molar-refractivity contribution in [3.63, 3.8) is 0 Å². The average molecular weight is 846 g/mol. The van der Waals surface area contributed by atoms with E-state index in [0.717, 1.165) is 37.2 Å². The van der Waals surface area contributed by atoms with Crippen LogP contribution in [0.5, 0.6) is 11.5 Å². The minimum atomic E-state index is -1.52. The third kappa shape index (κ3) is 9.69. The number of nitrogens with zero attached hydrogens (tertiary/aromatic N) is 2. The molecule has 0 radical (unpaired) electrons. The lowest BCUT2D eigenvalue weighted by Gasteiger charge is -2.35. The second-order valence-electron chi connectivity index (χ2n) is 17.8. The van der Waals surface area contributed by atoms with Crippen LogP contribution < -0.4 is 36.1 Å². The fourth-order valence-electron chi connectivity index (χ4n) is 8.59. The Morgan fingerprint density at radius 2 is 1.67 bits per heavy atom. The summed E-state index contributed by atoms with van der Waals surface area (Å²) in [5, 5.41) is 28.1. The van der Waals surface area contributed by atoms with Gasteiger partial charge in [-0.2, -0.15) is 0 Å². The molecule has 0 spiro atoms. The minimum absolute atomic E-state index is 0.0386. The van der Waals surface area contributed by atoms with E-state index in [2.05, 4.69) is 33.2 Å². The number of amides is 4. The Hall–Kier alpha value is -5.25. The van der Waals surface area contributed by atoms with E-state index in [9.17, 15) is 29.1 Å². The molecule has 16 heteroatoms. The number of rotatable bonds is 16. The van der Waals surface area contributed by atoms with Gasteiger partial charge in [-0.05, 0) is 69.4 Å². The number of likely N-dealkylation sites (N-methyl/N-ethyl adjacent to an activating group) is 1. The number of pyridine rings is 1. The van der Waals surface area contributed by atoms with E-state index in [1.165, 1.54) is 24.5 Å².